The molecule has 0 saturated carbocycles. The molecule has 18 heavy (non-hydrogen) atoms. The Morgan fingerprint density at radius 1 is 1.28 bits per heavy atom. The van der Waals surface area contributed by atoms with E-state index in [0.29, 0.717) is 0 Å². The molecule has 0 fully saturated rings. The SMILES string of the molecule is CC(CNCC=N)CC(O)(P(=O)(O)O)P(=O)(O)O. The molecule has 0 bridgehead atoms. The van der Waals surface area contributed by atoms with E-state index in [-0.39, 0.29) is 13.1 Å². The third-order valence-corrected chi connectivity index (χ3v) is 6.09. The Morgan fingerprint density at radius 2 is 1.72 bits per heavy atom. The number of aliphatic hydroxyl groups is 1. The van der Waals surface area contributed by atoms with Gasteiger partial charge in [-0.05, 0) is 12.5 Å². The van der Waals surface area contributed by atoms with Gasteiger partial charge in [-0.25, -0.2) is 0 Å². The van der Waals surface area contributed by atoms with Gasteiger partial charge in [-0.1, -0.05) is 6.92 Å². The molecule has 1 atom stereocenters. The fourth-order valence-electron chi connectivity index (χ4n) is 1.35. The molecule has 1 unspecified atom stereocenters. The van der Waals surface area contributed by atoms with E-state index >= 15 is 0 Å². The van der Waals surface area contributed by atoms with E-state index in [2.05, 4.69) is 5.32 Å². The standard InChI is InChI=1S/C7H18N2O7P2/c1-6(5-9-3-2-8)4-7(10,17(11,12)13)18(14,15)16/h2,6,8-10H,3-5H2,1H3,(H2,11,12,13)(H2,14,15,16). The van der Waals surface area contributed by atoms with Gasteiger partial charge in [0.2, 0.25) is 0 Å². The third-order valence-electron chi connectivity index (χ3n) is 2.29. The fourth-order valence-corrected chi connectivity index (χ4v) is 3.81. The van der Waals surface area contributed by atoms with Crippen LogP contribution < -0.4 is 5.32 Å². The van der Waals surface area contributed by atoms with Crippen LogP contribution in [0.25, 0.3) is 0 Å². The summed E-state index contributed by atoms with van der Waals surface area (Å²) in [5, 5.41) is 15.7. The summed E-state index contributed by atoms with van der Waals surface area (Å²) < 4.78 is 22.1. The van der Waals surface area contributed by atoms with Gasteiger partial charge in [0.1, 0.15) is 0 Å². The van der Waals surface area contributed by atoms with Crippen molar-refractivity contribution >= 4 is 21.4 Å². The van der Waals surface area contributed by atoms with Gasteiger partial charge in [0.25, 0.3) is 5.08 Å². The van der Waals surface area contributed by atoms with Crippen LogP contribution in [-0.4, -0.2) is 49.1 Å². The van der Waals surface area contributed by atoms with Gasteiger partial charge in [-0.3, -0.25) is 9.13 Å². The van der Waals surface area contributed by atoms with Crippen molar-refractivity contribution in [2.45, 2.75) is 18.4 Å². The van der Waals surface area contributed by atoms with Crippen LogP contribution in [-0.2, 0) is 9.13 Å². The van der Waals surface area contributed by atoms with Crippen LogP contribution in [0, 0.1) is 11.3 Å². The molecule has 0 amide bonds. The molecule has 108 valence electrons. The predicted octanol–water partition coefficient (Wildman–Crippen LogP) is -0.747. The van der Waals surface area contributed by atoms with Crippen LogP contribution in [0.4, 0.5) is 0 Å². The van der Waals surface area contributed by atoms with Crippen molar-refractivity contribution in [1.29, 1.82) is 5.41 Å². The van der Waals surface area contributed by atoms with Crippen molar-refractivity contribution in [2.24, 2.45) is 5.92 Å². The highest BCUT2D eigenvalue weighted by atomic mass is 31.2. The molecule has 0 aliphatic heterocycles. The Hall–Kier alpha value is -0.110. The summed E-state index contributed by atoms with van der Waals surface area (Å²) in [4.78, 5) is 35.6. The lowest BCUT2D eigenvalue weighted by atomic mass is 10.1. The monoisotopic (exact) mass is 304 g/mol. The van der Waals surface area contributed by atoms with Gasteiger partial charge < -0.3 is 35.4 Å². The summed E-state index contributed by atoms with van der Waals surface area (Å²) in [7, 11) is -10.8. The van der Waals surface area contributed by atoms with E-state index in [1.54, 1.807) is 0 Å². The first kappa shape index (κ1) is 17.9. The van der Waals surface area contributed by atoms with Crippen LogP contribution in [0.5, 0.6) is 0 Å². The number of hydrogen-bond acceptors (Lipinski definition) is 5. The third kappa shape index (κ3) is 4.53. The van der Waals surface area contributed by atoms with Gasteiger partial charge in [-0.15, -0.1) is 0 Å². The van der Waals surface area contributed by atoms with Gasteiger partial charge in [-0.2, -0.15) is 0 Å². The second-order valence-corrected chi connectivity index (χ2v) is 8.04. The molecule has 0 spiro atoms. The summed E-state index contributed by atoms with van der Waals surface area (Å²) in [5.74, 6) is -0.602. The van der Waals surface area contributed by atoms with Crippen molar-refractivity contribution in [1.82, 2.24) is 5.32 Å². The Kier molecular flexibility index (Phi) is 6.32. The van der Waals surface area contributed by atoms with Crippen LogP contribution in [0.1, 0.15) is 13.3 Å². The summed E-state index contributed by atoms with van der Waals surface area (Å²) in [6, 6.07) is 0. The molecule has 11 heteroatoms. The summed E-state index contributed by atoms with van der Waals surface area (Å²) in [6.45, 7) is 1.83. The summed E-state index contributed by atoms with van der Waals surface area (Å²) in [5.41, 5.74) is 0. The second kappa shape index (κ2) is 6.36. The number of nitrogens with one attached hydrogen (secondary N) is 2. The zero-order valence-electron chi connectivity index (χ0n) is 9.72. The molecule has 0 heterocycles. The molecule has 0 radical (unpaired) electrons. The van der Waals surface area contributed by atoms with Crippen LogP contribution in [0.15, 0.2) is 0 Å². The van der Waals surface area contributed by atoms with Crippen LogP contribution in [0.2, 0.25) is 0 Å². The van der Waals surface area contributed by atoms with Crippen LogP contribution in [0.3, 0.4) is 0 Å². The zero-order valence-corrected chi connectivity index (χ0v) is 11.5. The van der Waals surface area contributed by atoms with Gasteiger partial charge >= 0.3 is 15.2 Å². The summed E-state index contributed by atoms with van der Waals surface area (Å²) >= 11 is 0. The number of hydrogen-bond donors (Lipinski definition) is 7. The van der Waals surface area contributed by atoms with Gasteiger partial charge in [0.05, 0.1) is 0 Å². The van der Waals surface area contributed by atoms with Crippen molar-refractivity contribution in [3.63, 3.8) is 0 Å². The molecule has 0 aliphatic carbocycles. The minimum Gasteiger partial charge on any atom is -0.368 e. The van der Waals surface area contributed by atoms with E-state index in [9.17, 15) is 14.2 Å². The maximum atomic E-state index is 11.1. The molecular weight excluding hydrogens is 286 g/mol. The van der Waals surface area contributed by atoms with E-state index in [4.69, 9.17) is 25.0 Å². The van der Waals surface area contributed by atoms with E-state index in [1.165, 1.54) is 6.92 Å². The Morgan fingerprint density at radius 3 is 2.06 bits per heavy atom. The highest BCUT2D eigenvalue weighted by Gasteiger charge is 2.59. The maximum absolute atomic E-state index is 11.1. The molecule has 0 saturated heterocycles. The first-order valence-electron chi connectivity index (χ1n) is 4.99. The summed E-state index contributed by atoms with van der Waals surface area (Å²) in [6.07, 6.45) is 0.303. The minimum absolute atomic E-state index is 0.150. The second-order valence-electron chi connectivity index (χ2n) is 4.03. The molecule has 0 rings (SSSR count). The highest BCUT2D eigenvalue weighted by molar-refractivity contribution is 7.72. The van der Waals surface area contributed by atoms with Gasteiger partial charge in [0, 0.05) is 19.2 Å². The lowest BCUT2D eigenvalue weighted by Crippen LogP contribution is -2.34. The molecule has 7 N–H and O–H groups in total. The smallest absolute Gasteiger partial charge is 0.368 e. The van der Waals surface area contributed by atoms with Crippen molar-refractivity contribution in [3.05, 3.63) is 0 Å². The largest absolute Gasteiger partial charge is 0.369 e. The first-order valence-corrected chi connectivity index (χ1v) is 8.21. The minimum atomic E-state index is -5.38. The van der Waals surface area contributed by atoms with Crippen LogP contribution >= 0.6 is 15.2 Å². The van der Waals surface area contributed by atoms with E-state index in [0.717, 1.165) is 6.21 Å². The zero-order chi connectivity index (χ0) is 14.6. The number of rotatable bonds is 8. The average Bonchev–Trinajstić information content (AvgIpc) is 2.14. The molecule has 0 aromatic heterocycles. The topological polar surface area (TPSA) is 171 Å². The fraction of sp³-hybridized carbons (Fsp3) is 0.857. The highest BCUT2D eigenvalue weighted by Crippen LogP contribution is 2.69. The molecule has 0 aromatic carbocycles. The van der Waals surface area contributed by atoms with Crippen molar-refractivity contribution in [3.8, 4) is 0 Å². The van der Waals surface area contributed by atoms with E-state index in [1.807, 2.05) is 0 Å². The Balaban J connectivity index is 4.89. The van der Waals surface area contributed by atoms with Gasteiger partial charge in [0.15, 0.2) is 0 Å². The average molecular weight is 304 g/mol. The predicted molar refractivity (Wildman–Crippen MR) is 64.5 cm³/mol. The molecule has 0 aliphatic rings. The quantitative estimate of drug-likeness (QED) is 0.174. The molecular formula is C7H18N2O7P2. The first-order chi connectivity index (χ1) is 7.95. The van der Waals surface area contributed by atoms with E-state index < -0.39 is 32.6 Å². The lowest BCUT2D eigenvalue weighted by Gasteiger charge is -2.31. The Bertz CT molecular complexity index is 354. The normalized spacial score (nSPS) is 15.4. The Labute approximate surface area is 104 Å². The van der Waals surface area contributed by atoms with Crippen molar-refractivity contribution in [2.75, 3.05) is 13.1 Å². The maximum Gasteiger partial charge on any atom is 0.369 e. The molecule has 0 aromatic rings. The lowest BCUT2D eigenvalue weighted by molar-refractivity contribution is 0.109. The van der Waals surface area contributed by atoms with Crippen molar-refractivity contribution < 1.29 is 33.8 Å². The molecule has 9 nitrogen and oxygen atoms in total.